The van der Waals surface area contributed by atoms with Crippen LogP contribution in [0.3, 0.4) is 0 Å². The highest BCUT2D eigenvalue weighted by molar-refractivity contribution is 5.94. The van der Waals surface area contributed by atoms with Gasteiger partial charge in [-0.2, -0.15) is 0 Å². The summed E-state index contributed by atoms with van der Waals surface area (Å²) in [5.74, 6) is -0.458. The number of methoxy groups -OCH3 is 1. The summed E-state index contributed by atoms with van der Waals surface area (Å²) in [7, 11) is 1.57. The minimum atomic E-state index is -0.755. The Morgan fingerprint density at radius 1 is 1.31 bits per heavy atom. The minimum absolute atomic E-state index is 0.0232. The first-order valence-electron chi connectivity index (χ1n) is 10.6. The summed E-state index contributed by atoms with van der Waals surface area (Å²) < 4.78 is 27.1. The average molecular weight is 438 g/mol. The number of benzene rings is 1. The molecule has 166 valence electrons. The smallest absolute Gasteiger partial charge is 0.343 e. The highest BCUT2D eigenvalue weighted by atomic mass is 19.1. The molecule has 2 saturated heterocycles. The monoisotopic (exact) mass is 438 g/mol. The SMILES string of the molecule is CCOC(=O)c1cn(-c2ccc(OC)cc2)c2nc(N3C[C@@H]4C[C@H]3CN4)c(F)cc2c1=O. The van der Waals surface area contributed by atoms with Crippen LogP contribution in [0.2, 0.25) is 0 Å². The zero-order chi connectivity index (χ0) is 22.4. The van der Waals surface area contributed by atoms with Gasteiger partial charge >= 0.3 is 5.97 Å². The Morgan fingerprint density at radius 3 is 2.72 bits per heavy atom. The van der Waals surface area contributed by atoms with Crippen molar-refractivity contribution in [3.8, 4) is 11.4 Å². The summed E-state index contributed by atoms with van der Waals surface area (Å²) in [5.41, 5.74) is 0.149. The predicted octanol–water partition coefficient (Wildman–Crippen LogP) is 2.26. The minimum Gasteiger partial charge on any atom is -0.497 e. The highest BCUT2D eigenvalue weighted by Crippen LogP contribution is 2.31. The number of hydrogen-bond acceptors (Lipinski definition) is 7. The van der Waals surface area contributed by atoms with Gasteiger partial charge in [0, 0.05) is 37.1 Å². The molecule has 2 aromatic heterocycles. The Kier molecular flexibility index (Phi) is 5.05. The number of fused-ring (bicyclic) bond motifs is 3. The normalized spacial score (nSPS) is 19.5. The van der Waals surface area contributed by atoms with E-state index in [1.54, 1.807) is 42.9 Å². The molecule has 2 bridgehead atoms. The summed E-state index contributed by atoms with van der Waals surface area (Å²) in [4.78, 5) is 32.1. The molecule has 2 aliphatic rings. The molecule has 2 atom stereocenters. The third kappa shape index (κ3) is 3.29. The molecule has 0 saturated carbocycles. The van der Waals surface area contributed by atoms with E-state index in [1.807, 2.05) is 4.90 Å². The molecule has 1 aromatic carbocycles. The number of esters is 1. The lowest BCUT2D eigenvalue weighted by Crippen LogP contribution is -2.44. The van der Waals surface area contributed by atoms with Gasteiger partial charge in [-0.25, -0.2) is 14.2 Å². The second kappa shape index (κ2) is 7.90. The van der Waals surface area contributed by atoms with Gasteiger partial charge < -0.3 is 24.3 Å². The number of hydrogen-bond donors (Lipinski definition) is 1. The molecule has 0 aliphatic carbocycles. The molecule has 2 aliphatic heterocycles. The van der Waals surface area contributed by atoms with Crippen molar-refractivity contribution >= 4 is 22.8 Å². The van der Waals surface area contributed by atoms with Crippen molar-refractivity contribution in [2.75, 3.05) is 31.7 Å². The van der Waals surface area contributed by atoms with Crippen LogP contribution in [-0.4, -0.2) is 54.4 Å². The molecule has 0 radical (unpaired) electrons. The van der Waals surface area contributed by atoms with Gasteiger partial charge in [0.05, 0.1) is 19.1 Å². The number of carbonyl (C=O) groups excluding carboxylic acids is 1. The number of piperazine rings is 1. The maximum Gasteiger partial charge on any atom is 0.343 e. The maximum absolute atomic E-state index is 15.2. The van der Waals surface area contributed by atoms with Crippen LogP contribution in [0.15, 0.2) is 41.3 Å². The highest BCUT2D eigenvalue weighted by Gasteiger charge is 2.39. The first kappa shape index (κ1) is 20.4. The van der Waals surface area contributed by atoms with Crippen molar-refractivity contribution < 1.29 is 18.7 Å². The lowest BCUT2D eigenvalue weighted by atomic mass is 10.1. The van der Waals surface area contributed by atoms with Crippen LogP contribution in [0.1, 0.15) is 23.7 Å². The number of halogens is 1. The summed E-state index contributed by atoms with van der Waals surface area (Å²) in [6.45, 7) is 3.22. The number of pyridine rings is 2. The van der Waals surface area contributed by atoms with E-state index < -0.39 is 17.2 Å². The Bertz CT molecular complexity index is 1260. The van der Waals surface area contributed by atoms with E-state index in [9.17, 15) is 9.59 Å². The topological polar surface area (TPSA) is 85.7 Å². The van der Waals surface area contributed by atoms with Crippen molar-refractivity contribution in [2.24, 2.45) is 0 Å². The largest absolute Gasteiger partial charge is 0.497 e. The van der Waals surface area contributed by atoms with Crippen molar-refractivity contribution in [3.05, 3.63) is 58.1 Å². The second-order valence-corrected chi connectivity index (χ2v) is 7.97. The van der Waals surface area contributed by atoms with Gasteiger partial charge in [0.2, 0.25) is 5.43 Å². The van der Waals surface area contributed by atoms with Crippen LogP contribution < -0.4 is 20.4 Å². The van der Waals surface area contributed by atoms with Gasteiger partial charge in [0.25, 0.3) is 0 Å². The number of nitrogens with one attached hydrogen (secondary N) is 1. The van der Waals surface area contributed by atoms with Crippen LogP contribution in [-0.2, 0) is 4.74 Å². The molecular weight excluding hydrogens is 415 g/mol. The molecule has 2 fully saturated rings. The van der Waals surface area contributed by atoms with Crippen molar-refractivity contribution in [2.45, 2.75) is 25.4 Å². The van der Waals surface area contributed by atoms with Crippen LogP contribution in [0.5, 0.6) is 5.75 Å². The third-order valence-electron chi connectivity index (χ3n) is 6.09. The first-order valence-corrected chi connectivity index (χ1v) is 10.6. The summed E-state index contributed by atoms with van der Waals surface area (Å²) in [5, 5.41) is 3.41. The van der Waals surface area contributed by atoms with E-state index in [0.717, 1.165) is 13.0 Å². The fourth-order valence-electron chi connectivity index (χ4n) is 4.53. The molecule has 3 aromatic rings. The number of ether oxygens (including phenoxy) is 2. The number of anilines is 1. The van der Waals surface area contributed by atoms with Gasteiger partial charge in [-0.15, -0.1) is 0 Å². The van der Waals surface area contributed by atoms with Crippen LogP contribution >= 0.6 is 0 Å². The Hall–Kier alpha value is -3.46. The molecule has 0 spiro atoms. The van der Waals surface area contributed by atoms with Gasteiger partial charge in [-0.1, -0.05) is 0 Å². The zero-order valence-electron chi connectivity index (χ0n) is 17.8. The summed E-state index contributed by atoms with van der Waals surface area (Å²) >= 11 is 0. The summed E-state index contributed by atoms with van der Waals surface area (Å²) in [6.07, 6.45) is 2.35. The van der Waals surface area contributed by atoms with Gasteiger partial charge in [-0.05, 0) is 43.7 Å². The molecule has 0 amide bonds. The van der Waals surface area contributed by atoms with E-state index in [-0.39, 0.29) is 35.1 Å². The van der Waals surface area contributed by atoms with Crippen molar-refractivity contribution in [1.82, 2.24) is 14.9 Å². The van der Waals surface area contributed by atoms with Crippen LogP contribution in [0, 0.1) is 5.82 Å². The quantitative estimate of drug-likeness (QED) is 0.612. The van der Waals surface area contributed by atoms with Crippen LogP contribution in [0.25, 0.3) is 16.7 Å². The van der Waals surface area contributed by atoms with E-state index in [2.05, 4.69) is 10.3 Å². The third-order valence-corrected chi connectivity index (χ3v) is 6.09. The van der Waals surface area contributed by atoms with Gasteiger partial charge in [-0.3, -0.25) is 4.79 Å². The maximum atomic E-state index is 15.2. The van der Waals surface area contributed by atoms with E-state index in [1.165, 1.54) is 12.3 Å². The number of aromatic nitrogens is 2. The molecule has 5 rings (SSSR count). The molecule has 4 heterocycles. The zero-order valence-corrected chi connectivity index (χ0v) is 17.8. The molecular formula is C23H23FN4O4. The summed E-state index contributed by atoms with van der Waals surface area (Å²) in [6, 6.07) is 8.75. The second-order valence-electron chi connectivity index (χ2n) is 7.97. The molecule has 9 heteroatoms. The Morgan fingerprint density at radius 2 is 2.09 bits per heavy atom. The fourth-order valence-corrected chi connectivity index (χ4v) is 4.53. The molecule has 8 nitrogen and oxygen atoms in total. The Balaban J connectivity index is 1.73. The number of nitrogens with zero attached hydrogens (tertiary/aromatic N) is 3. The standard InChI is InChI=1S/C23H23FN4O4/c1-3-32-23(30)18-12-28(14-4-6-16(31-2)7-5-14)21-17(20(18)29)9-19(24)22(26-21)27-11-13-8-15(27)10-25-13/h4-7,9,12-13,15,25H,3,8,10-11H2,1-2H3/t13-,15-/m0/s1. The van der Waals surface area contributed by atoms with E-state index >= 15 is 4.39 Å². The molecule has 1 N–H and O–H groups in total. The lowest BCUT2D eigenvalue weighted by Gasteiger charge is -2.29. The van der Waals surface area contributed by atoms with Crippen molar-refractivity contribution in [1.29, 1.82) is 0 Å². The number of rotatable bonds is 5. The molecule has 32 heavy (non-hydrogen) atoms. The number of carbonyl (C=O) groups is 1. The van der Waals surface area contributed by atoms with Gasteiger partial charge in [0.1, 0.15) is 11.3 Å². The first-order chi connectivity index (χ1) is 15.5. The van der Waals surface area contributed by atoms with E-state index in [0.29, 0.717) is 24.0 Å². The Labute approximate surface area is 183 Å². The van der Waals surface area contributed by atoms with Crippen LogP contribution in [0.4, 0.5) is 10.2 Å². The predicted molar refractivity (Wildman–Crippen MR) is 117 cm³/mol. The lowest BCUT2D eigenvalue weighted by molar-refractivity contribution is 0.0524. The van der Waals surface area contributed by atoms with Gasteiger partial charge in [0.15, 0.2) is 17.3 Å². The fraction of sp³-hybridized carbons (Fsp3) is 0.348. The van der Waals surface area contributed by atoms with E-state index in [4.69, 9.17) is 9.47 Å². The average Bonchev–Trinajstić information content (AvgIpc) is 3.43. The molecule has 0 unspecified atom stereocenters. The van der Waals surface area contributed by atoms with Crippen molar-refractivity contribution in [3.63, 3.8) is 0 Å².